The van der Waals surface area contributed by atoms with E-state index in [1.54, 1.807) is 0 Å². The highest BCUT2D eigenvalue weighted by Gasteiger charge is 2.18. The molecule has 0 fully saturated rings. The monoisotopic (exact) mass is 138 g/mol. The fourth-order valence-corrected chi connectivity index (χ4v) is 0.903. The molecule has 0 aromatic heterocycles. The highest BCUT2D eigenvalue weighted by molar-refractivity contribution is 6.14. The molecule has 3 nitrogen and oxygen atoms in total. The van der Waals surface area contributed by atoms with Crippen LogP contribution in [0.5, 0.6) is 0 Å². The number of carbonyl (C=O) groups excluding carboxylic acids is 1. The number of nitrogens with one attached hydrogen (secondary N) is 1. The molecule has 0 aromatic rings. The predicted molar refractivity (Wildman–Crippen MR) is 38.9 cm³/mol. The van der Waals surface area contributed by atoms with Crippen LogP contribution in [0.1, 0.15) is 13.3 Å². The van der Waals surface area contributed by atoms with E-state index in [4.69, 9.17) is 5.41 Å². The van der Waals surface area contributed by atoms with Gasteiger partial charge >= 0.3 is 0 Å². The van der Waals surface area contributed by atoms with Crippen molar-refractivity contribution in [2.24, 2.45) is 0 Å². The maximum absolute atomic E-state index is 10.9. The summed E-state index contributed by atoms with van der Waals surface area (Å²) in [5.74, 6) is 0.249. The van der Waals surface area contributed by atoms with Crippen LogP contribution in [-0.4, -0.2) is 23.2 Å². The minimum atomic E-state index is -0.0631. The van der Waals surface area contributed by atoms with Crippen molar-refractivity contribution in [3.8, 4) is 0 Å². The van der Waals surface area contributed by atoms with Crippen molar-refractivity contribution in [2.45, 2.75) is 13.3 Å². The van der Waals surface area contributed by atoms with Crippen LogP contribution in [-0.2, 0) is 4.79 Å². The Morgan fingerprint density at radius 2 is 2.30 bits per heavy atom. The third-order valence-electron chi connectivity index (χ3n) is 1.39. The van der Waals surface area contributed by atoms with E-state index < -0.39 is 0 Å². The van der Waals surface area contributed by atoms with Gasteiger partial charge in [-0.2, -0.15) is 0 Å². The van der Waals surface area contributed by atoms with Crippen LogP contribution in [0.4, 0.5) is 0 Å². The van der Waals surface area contributed by atoms with E-state index in [9.17, 15) is 4.79 Å². The molecule has 0 bridgehead atoms. The van der Waals surface area contributed by atoms with Crippen molar-refractivity contribution in [1.29, 1.82) is 5.41 Å². The van der Waals surface area contributed by atoms with E-state index in [-0.39, 0.29) is 5.91 Å². The van der Waals surface area contributed by atoms with Crippen LogP contribution >= 0.6 is 0 Å². The second-order valence-electron chi connectivity index (χ2n) is 2.21. The fraction of sp³-hybridized carbons (Fsp3) is 0.429. The van der Waals surface area contributed by atoms with E-state index in [1.807, 2.05) is 6.92 Å². The standard InChI is InChI=1S/C7H10N2O/c1-2-5-9-6(8)3-4-7(9)10/h3-4,8H,2,5H2,1H3. The molecule has 0 saturated heterocycles. The van der Waals surface area contributed by atoms with Crippen LogP contribution in [0, 0.1) is 5.41 Å². The quantitative estimate of drug-likeness (QED) is 0.601. The molecule has 1 aliphatic rings. The summed E-state index contributed by atoms with van der Waals surface area (Å²) in [7, 11) is 0. The van der Waals surface area contributed by atoms with Gasteiger partial charge in [0.2, 0.25) is 0 Å². The first-order chi connectivity index (χ1) is 4.75. The Kier molecular flexibility index (Phi) is 1.85. The Morgan fingerprint density at radius 3 is 2.70 bits per heavy atom. The van der Waals surface area contributed by atoms with Gasteiger partial charge in [0.1, 0.15) is 5.84 Å². The first kappa shape index (κ1) is 6.99. The van der Waals surface area contributed by atoms with Crippen molar-refractivity contribution in [3.63, 3.8) is 0 Å². The molecule has 0 atom stereocenters. The molecule has 10 heavy (non-hydrogen) atoms. The number of amidine groups is 1. The molecule has 0 radical (unpaired) electrons. The molecule has 1 heterocycles. The highest BCUT2D eigenvalue weighted by atomic mass is 16.2. The molecular weight excluding hydrogens is 128 g/mol. The molecule has 54 valence electrons. The number of hydrogen-bond acceptors (Lipinski definition) is 2. The van der Waals surface area contributed by atoms with Gasteiger partial charge in [-0.1, -0.05) is 6.92 Å². The summed E-state index contributed by atoms with van der Waals surface area (Å²) in [5.41, 5.74) is 0. The predicted octanol–water partition coefficient (Wildman–Crippen LogP) is 0.772. The fourth-order valence-electron chi connectivity index (χ4n) is 0.903. The summed E-state index contributed by atoms with van der Waals surface area (Å²) < 4.78 is 0. The topological polar surface area (TPSA) is 44.2 Å². The second kappa shape index (κ2) is 2.64. The highest BCUT2D eigenvalue weighted by Crippen LogP contribution is 2.03. The summed E-state index contributed by atoms with van der Waals surface area (Å²) in [6.45, 7) is 2.64. The van der Waals surface area contributed by atoms with Crippen LogP contribution in [0.25, 0.3) is 0 Å². The van der Waals surface area contributed by atoms with Crippen LogP contribution < -0.4 is 0 Å². The molecule has 0 unspecified atom stereocenters. The van der Waals surface area contributed by atoms with E-state index in [0.29, 0.717) is 12.4 Å². The SMILES string of the molecule is CCCN1C(=N)C=CC1=O. The molecule has 1 amide bonds. The van der Waals surface area contributed by atoms with E-state index in [1.165, 1.54) is 17.1 Å². The Hall–Kier alpha value is -1.12. The first-order valence-corrected chi connectivity index (χ1v) is 3.34. The minimum Gasteiger partial charge on any atom is -0.294 e. The Morgan fingerprint density at radius 1 is 1.60 bits per heavy atom. The zero-order valence-electron chi connectivity index (χ0n) is 5.92. The van der Waals surface area contributed by atoms with Crippen LogP contribution in [0.15, 0.2) is 12.2 Å². The van der Waals surface area contributed by atoms with Crippen molar-refractivity contribution < 1.29 is 4.79 Å². The normalized spacial score (nSPS) is 17.1. The molecule has 0 aromatic carbocycles. The molecule has 1 N–H and O–H groups in total. The summed E-state index contributed by atoms with van der Waals surface area (Å²) >= 11 is 0. The average molecular weight is 138 g/mol. The van der Waals surface area contributed by atoms with Crippen LogP contribution in [0.2, 0.25) is 0 Å². The lowest BCUT2D eigenvalue weighted by molar-refractivity contribution is -0.121. The molecule has 0 spiro atoms. The van der Waals surface area contributed by atoms with Gasteiger partial charge in [0.05, 0.1) is 0 Å². The van der Waals surface area contributed by atoms with Crippen LogP contribution in [0.3, 0.4) is 0 Å². The van der Waals surface area contributed by atoms with E-state index in [0.717, 1.165) is 6.42 Å². The summed E-state index contributed by atoms with van der Waals surface area (Å²) in [6, 6.07) is 0. The van der Waals surface area contributed by atoms with Gasteiger partial charge in [0.25, 0.3) is 5.91 Å². The second-order valence-corrected chi connectivity index (χ2v) is 2.21. The van der Waals surface area contributed by atoms with E-state index >= 15 is 0 Å². The maximum Gasteiger partial charge on any atom is 0.252 e. The van der Waals surface area contributed by atoms with Gasteiger partial charge in [-0.15, -0.1) is 0 Å². The molecule has 1 rings (SSSR count). The van der Waals surface area contributed by atoms with Crippen molar-refractivity contribution in [1.82, 2.24) is 4.90 Å². The Labute approximate surface area is 59.8 Å². The minimum absolute atomic E-state index is 0.0631. The Balaban J connectivity index is 2.60. The number of nitrogens with zero attached hydrogens (tertiary/aromatic N) is 1. The number of rotatable bonds is 2. The number of amides is 1. The van der Waals surface area contributed by atoms with Crippen molar-refractivity contribution in [2.75, 3.05) is 6.54 Å². The van der Waals surface area contributed by atoms with E-state index in [2.05, 4.69) is 0 Å². The van der Waals surface area contributed by atoms with Gasteiger partial charge in [-0.25, -0.2) is 0 Å². The summed E-state index contributed by atoms with van der Waals surface area (Å²) in [5, 5.41) is 7.26. The molecule has 0 saturated carbocycles. The first-order valence-electron chi connectivity index (χ1n) is 3.34. The zero-order chi connectivity index (χ0) is 7.56. The van der Waals surface area contributed by atoms with Crippen molar-refractivity contribution in [3.05, 3.63) is 12.2 Å². The Bertz CT molecular complexity index is 178. The largest absolute Gasteiger partial charge is 0.294 e. The number of carbonyl (C=O) groups is 1. The third-order valence-corrected chi connectivity index (χ3v) is 1.39. The third kappa shape index (κ3) is 1.07. The summed E-state index contributed by atoms with van der Waals surface area (Å²) in [4.78, 5) is 12.3. The lowest BCUT2D eigenvalue weighted by atomic mass is 10.4. The van der Waals surface area contributed by atoms with Gasteiger partial charge in [0.15, 0.2) is 0 Å². The van der Waals surface area contributed by atoms with Crippen molar-refractivity contribution >= 4 is 11.7 Å². The lowest BCUT2D eigenvalue weighted by Crippen LogP contribution is -2.29. The molecular formula is C7H10N2O. The molecule has 3 heteroatoms. The zero-order valence-corrected chi connectivity index (χ0v) is 5.92. The summed E-state index contributed by atoms with van der Waals surface area (Å²) in [6.07, 6.45) is 3.85. The number of hydrogen-bond donors (Lipinski definition) is 1. The average Bonchev–Trinajstić information content (AvgIpc) is 2.20. The molecule has 1 aliphatic heterocycles. The smallest absolute Gasteiger partial charge is 0.252 e. The maximum atomic E-state index is 10.9. The van der Waals surface area contributed by atoms with Gasteiger partial charge < -0.3 is 0 Å². The van der Waals surface area contributed by atoms with Gasteiger partial charge in [-0.05, 0) is 12.5 Å². The van der Waals surface area contributed by atoms with Gasteiger partial charge in [0, 0.05) is 12.6 Å². The lowest BCUT2D eigenvalue weighted by Gasteiger charge is -2.13. The van der Waals surface area contributed by atoms with Gasteiger partial charge in [-0.3, -0.25) is 15.1 Å². The molecule has 0 aliphatic carbocycles.